The van der Waals surface area contributed by atoms with Gasteiger partial charge in [-0.2, -0.15) is 0 Å². The number of hydrogen-bond donors (Lipinski definition) is 0. The predicted octanol–water partition coefficient (Wildman–Crippen LogP) is 0.380. The van der Waals surface area contributed by atoms with Gasteiger partial charge in [0, 0.05) is 44.5 Å². The van der Waals surface area contributed by atoms with Crippen molar-refractivity contribution in [1.82, 2.24) is 9.80 Å². The number of carbonyl (C=O) groups is 1. The largest absolute Gasteiger partial charge is 0.362 e. The fraction of sp³-hybridized carbons (Fsp3) is 0.611. The molecule has 136 valence electrons. The zero-order valence-electron chi connectivity index (χ0n) is 14.4. The van der Waals surface area contributed by atoms with Gasteiger partial charge in [-0.15, -0.1) is 0 Å². The number of carbonyl (C=O) groups excluding carboxylic acids is 1. The molecule has 3 heterocycles. The number of amides is 1. The van der Waals surface area contributed by atoms with Crippen LogP contribution in [-0.4, -0.2) is 80.9 Å². The van der Waals surface area contributed by atoms with E-state index in [1.165, 1.54) is 11.3 Å². The van der Waals surface area contributed by atoms with Gasteiger partial charge < -0.3 is 9.80 Å². The second-order valence-electron chi connectivity index (χ2n) is 7.27. The van der Waals surface area contributed by atoms with Gasteiger partial charge in [0.15, 0.2) is 9.84 Å². The summed E-state index contributed by atoms with van der Waals surface area (Å²) in [7, 11) is -2.85. The van der Waals surface area contributed by atoms with Crippen LogP contribution in [0.3, 0.4) is 0 Å². The normalized spacial score (nSPS) is 26.0. The van der Waals surface area contributed by atoms with E-state index in [9.17, 15) is 13.2 Å². The molecule has 1 aromatic carbocycles. The summed E-state index contributed by atoms with van der Waals surface area (Å²) in [5.74, 6) is 0.770. The average Bonchev–Trinajstić information content (AvgIpc) is 3.18. The molecular weight excluding hydrogens is 338 g/mol. The highest BCUT2D eigenvalue weighted by atomic mass is 32.2. The van der Waals surface area contributed by atoms with Crippen LogP contribution in [-0.2, 0) is 21.1 Å². The molecule has 0 radical (unpaired) electrons. The summed E-state index contributed by atoms with van der Waals surface area (Å²) in [6.45, 7) is 4.31. The van der Waals surface area contributed by atoms with Gasteiger partial charge in [0.25, 0.3) is 0 Å². The summed E-state index contributed by atoms with van der Waals surface area (Å²) in [6.07, 6.45) is 1.74. The van der Waals surface area contributed by atoms with Gasteiger partial charge >= 0.3 is 0 Å². The first-order chi connectivity index (χ1) is 12.0. The molecule has 6 nitrogen and oxygen atoms in total. The first-order valence-corrected chi connectivity index (χ1v) is 10.9. The fourth-order valence-corrected chi connectivity index (χ4v) is 6.00. The lowest BCUT2D eigenvalue weighted by atomic mass is 10.2. The lowest BCUT2D eigenvalue weighted by Crippen LogP contribution is -2.53. The number of para-hydroxylation sites is 1. The summed E-state index contributed by atoms with van der Waals surface area (Å²) in [5, 5.41) is 0. The molecule has 25 heavy (non-hydrogen) atoms. The second-order valence-corrected chi connectivity index (χ2v) is 9.50. The number of anilines is 1. The minimum Gasteiger partial charge on any atom is -0.362 e. The first-order valence-electron chi connectivity index (χ1n) is 9.07. The number of sulfone groups is 1. The molecule has 0 unspecified atom stereocenters. The lowest BCUT2D eigenvalue weighted by Gasteiger charge is -2.38. The number of hydrogen-bond acceptors (Lipinski definition) is 5. The molecule has 2 saturated heterocycles. The SMILES string of the molecule is O=C(CN1CCc2ccccc21)N1CCN([C@@H]2CCS(=O)(=O)C2)CC1. The van der Waals surface area contributed by atoms with Crippen molar-refractivity contribution in [3.63, 3.8) is 0 Å². The van der Waals surface area contributed by atoms with E-state index in [1.54, 1.807) is 0 Å². The van der Waals surface area contributed by atoms with Crippen LogP contribution in [0.4, 0.5) is 5.69 Å². The second kappa shape index (κ2) is 6.61. The Morgan fingerprint density at radius 3 is 2.56 bits per heavy atom. The summed E-state index contributed by atoms with van der Waals surface area (Å²) in [4.78, 5) is 19.0. The van der Waals surface area contributed by atoms with Crippen LogP contribution in [0.5, 0.6) is 0 Å². The summed E-state index contributed by atoms with van der Waals surface area (Å²) in [6, 6.07) is 8.44. The molecule has 3 aliphatic heterocycles. The van der Waals surface area contributed by atoms with E-state index in [0.717, 1.165) is 32.5 Å². The van der Waals surface area contributed by atoms with Crippen LogP contribution in [0.2, 0.25) is 0 Å². The van der Waals surface area contributed by atoms with Gasteiger partial charge in [-0.05, 0) is 24.5 Å². The lowest BCUT2D eigenvalue weighted by molar-refractivity contribution is -0.131. The molecule has 2 fully saturated rings. The fourth-order valence-electron chi connectivity index (χ4n) is 4.23. The van der Waals surface area contributed by atoms with Crippen molar-refractivity contribution in [3.8, 4) is 0 Å². The third-order valence-electron chi connectivity index (χ3n) is 5.70. The van der Waals surface area contributed by atoms with Crippen molar-refractivity contribution in [1.29, 1.82) is 0 Å². The zero-order chi connectivity index (χ0) is 17.4. The highest BCUT2D eigenvalue weighted by Gasteiger charge is 2.34. The Balaban J connectivity index is 1.30. The quantitative estimate of drug-likeness (QED) is 0.777. The van der Waals surface area contributed by atoms with Crippen molar-refractivity contribution < 1.29 is 13.2 Å². The molecule has 1 aromatic rings. The molecule has 3 aliphatic rings. The molecule has 0 spiro atoms. The third-order valence-corrected chi connectivity index (χ3v) is 7.45. The van der Waals surface area contributed by atoms with Gasteiger partial charge in [0.2, 0.25) is 5.91 Å². The maximum atomic E-state index is 12.7. The van der Waals surface area contributed by atoms with E-state index in [0.29, 0.717) is 25.4 Å². The van der Waals surface area contributed by atoms with Crippen LogP contribution >= 0.6 is 0 Å². The number of nitrogens with zero attached hydrogens (tertiary/aromatic N) is 3. The number of fused-ring (bicyclic) bond motifs is 1. The van der Waals surface area contributed by atoms with Crippen molar-refractivity contribution >= 4 is 21.4 Å². The van der Waals surface area contributed by atoms with E-state index in [4.69, 9.17) is 0 Å². The van der Waals surface area contributed by atoms with Crippen molar-refractivity contribution in [2.75, 3.05) is 55.7 Å². The van der Waals surface area contributed by atoms with E-state index < -0.39 is 9.84 Å². The Morgan fingerprint density at radius 1 is 1.08 bits per heavy atom. The van der Waals surface area contributed by atoms with Crippen LogP contribution < -0.4 is 4.90 Å². The van der Waals surface area contributed by atoms with E-state index >= 15 is 0 Å². The Morgan fingerprint density at radius 2 is 1.84 bits per heavy atom. The molecule has 0 N–H and O–H groups in total. The predicted molar refractivity (Wildman–Crippen MR) is 97.6 cm³/mol. The number of rotatable bonds is 3. The topological polar surface area (TPSA) is 60.9 Å². The Labute approximate surface area is 149 Å². The van der Waals surface area contributed by atoms with Gasteiger partial charge in [-0.3, -0.25) is 9.69 Å². The maximum Gasteiger partial charge on any atom is 0.242 e. The highest BCUT2D eigenvalue weighted by Crippen LogP contribution is 2.27. The molecule has 0 aliphatic carbocycles. The summed E-state index contributed by atoms with van der Waals surface area (Å²) in [5.41, 5.74) is 2.51. The zero-order valence-corrected chi connectivity index (χ0v) is 15.2. The van der Waals surface area contributed by atoms with Gasteiger partial charge in [-0.25, -0.2) is 8.42 Å². The maximum absolute atomic E-state index is 12.7. The van der Waals surface area contributed by atoms with Crippen molar-refractivity contribution in [2.45, 2.75) is 18.9 Å². The standard InChI is InChI=1S/C18H25N3O3S/c22-18(13-21-7-5-15-3-1-2-4-17(15)21)20-10-8-19(9-11-20)16-6-12-25(23,24)14-16/h1-4,16H,5-14H2/t16-/m1/s1. The Hall–Kier alpha value is -1.60. The highest BCUT2D eigenvalue weighted by molar-refractivity contribution is 7.91. The molecule has 1 atom stereocenters. The minimum atomic E-state index is -2.85. The third kappa shape index (κ3) is 3.53. The van der Waals surface area contributed by atoms with Crippen LogP contribution in [0, 0.1) is 0 Å². The van der Waals surface area contributed by atoms with Crippen LogP contribution in [0.15, 0.2) is 24.3 Å². The summed E-state index contributed by atoms with van der Waals surface area (Å²) < 4.78 is 23.3. The molecule has 0 bridgehead atoms. The summed E-state index contributed by atoms with van der Waals surface area (Å²) >= 11 is 0. The Bertz CT molecular complexity index is 757. The van der Waals surface area contributed by atoms with Gasteiger partial charge in [0.1, 0.15) is 0 Å². The van der Waals surface area contributed by atoms with E-state index in [-0.39, 0.29) is 17.7 Å². The van der Waals surface area contributed by atoms with Crippen molar-refractivity contribution in [2.24, 2.45) is 0 Å². The molecule has 7 heteroatoms. The number of benzene rings is 1. The van der Waals surface area contributed by atoms with Crippen LogP contribution in [0.25, 0.3) is 0 Å². The number of piperazine rings is 1. The van der Waals surface area contributed by atoms with Crippen LogP contribution in [0.1, 0.15) is 12.0 Å². The van der Waals surface area contributed by atoms with Crippen molar-refractivity contribution in [3.05, 3.63) is 29.8 Å². The van der Waals surface area contributed by atoms with E-state index in [2.05, 4.69) is 21.9 Å². The molecule has 0 aromatic heterocycles. The van der Waals surface area contributed by atoms with Gasteiger partial charge in [-0.1, -0.05) is 18.2 Å². The monoisotopic (exact) mass is 363 g/mol. The minimum absolute atomic E-state index is 0.146. The molecule has 4 rings (SSSR count). The Kier molecular flexibility index (Phi) is 4.45. The van der Waals surface area contributed by atoms with Gasteiger partial charge in [0.05, 0.1) is 18.1 Å². The average molecular weight is 363 g/mol. The smallest absolute Gasteiger partial charge is 0.242 e. The molecule has 1 amide bonds. The first kappa shape index (κ1) is 16.8. The molecule has 0 saturated carbocycles. The molecular formula is C18H25N3O3S. The van der Waals surface area contributed by atoms with E-state index in [1.807, 2.05) is 17.0 Å².